The van der Waals surface area contributed by atoms with Crippen molar-refractivity contribution in [3.63, 3.8) is 0 Å². The second-order valence-electron chi connectivity index (χ2n) is 4.95. The van der Waals surface area contributed by atoms with Gasteiger partial charge in [-0.1, -0.05) is 33.3 Å². The average Bonchev–Trinajstić information content (AvgIpc) is 2.45. The molecule has 1 atom stereocenters. The highest BCUT2D eigenvalue weighted by atomic mass is 28.1. The van der Waals surface area contributed by atoms with Gasteiger partial charge in [-0.05, 0) is 24.8 Å². The summed E-state index contributed by atoms with van der Waals surface area (Å²) in [6, 6.07) is 0. The van der Waals surface area contributed by atoms with E-state index in [2.05, 4.69) is 20.4 Å². The van der Waals surface area contributed by atoms with Gasteiger partial charge in [-0.25, -0.2) is 4.79 Å². The van der Waals surface area contributed by atoms with E-state index in [4.69, 9.17) is 14.2 Å². The average molecular weight is 302 g/mol. The van der Waals surface area contributed by atoms with E-state index in [0.717, 1.165) is 55.6 Å². The van der Waals surface area contributed by atoms with E-state index in [1.54, 1.807) is 0 Å². The SMILES string of the molecule is C=CC(=O)OCCC([SiH3])C(OCCCC)OCCCC. The molecule has 0 N–H and O–H groups in total. The Labute approximate surface area is 126 Å². The molecule has 0 saturated heterocycles. The molecule has 0 heterocycles. The van der Waals surface area contributed by atoms with Crippen molar-refractivity contribution < 1.29 is 19.0 Å². The molecule has 0 fully saturated rings. The summed E-state index contributed by atoms with van der Waals surface area (Å²) in [6.07, 6.45) is 6.15. The summed E-state index contributed by atoms with van der Waals surface area (Å²) in [5, 5.41) is 0. The quantitative estimate of drug-likeness (QED) is 0.172. The van der Waals surface area contributed by atoms with Crippen LogP contribution in [0.25, 0.3) is 0 Å². The third-order valence-corrected chi connectivity index (χ3v) is 4.13. The summed E-state index contributed by atoms with van der Waals surface area (Å²) in [5.74, 6) is -0.366. The van der Waals surface area contributed by atoms with Gasteiger partial charge in [-0.15, -0.1) is 0 Å². The number of rotatable bonds is 13. The lowest BCUT2D eigenvalue weighted by molar-refractivity contribution is -0.151. The first kappa shape index (κ1) is 19.3. The van der Waals surface area contributed by atoms with Crippen LogP contribution < -0.4 is 0 Å². The number of hydrogen-bond donors (Lipinski definition) is 0. The molecule has 0 radical (unpaired) electrons. The van der Waals surface area contributed by atoms with Crippen LogP contribution in [0.5, 0.6) is 0 Å². The fraction of sp³-hybridized carbons (Fsp3) is 0.800. The standard InChI is InChI=1S/C15H30O4Si/c1-4-7-10-18-15(19-11-8-5-2)13(20)9-12-17-14(16)6-3/h6,13,15H,3-5,7-12H2,1-2,20H3. The zero-order valence-electron chi connectivity index (χ0n) is 13.2. The summed E-state index contributed by atoms with van der Waals surface area (Å²) < 4.78 is 16.7. The predicted octanol–water partition coefficient (Wildman–Crippen LogP) is 2.22. The van der Waals surface area contributed by atoms with Crippen molar-refractivity contribution in [1.29, 1.82) is 0 Å². The zero-order valence-corrected chi connectivity index (χ0v) is 15.2. The normalized spacial score (nSPS) is 12.6. The third-order valence-electron chi connectivity index (χ3n) is 3.01. The Morgan fingerprint density at radius 2 is 1.70 bits per heavy atom. The van der Waals surface area contributed by atoms with E-state index < -0.39 is 0 Å². The monoisotopic (exact) mass is 302 g/mol. The van der Waals surface area contributed by atoms with E-state index >= 15 is 0 Å². The minimum Gasteiger partial charge on any atom is -0.463 e. The Kier molecular flexibility index (Phi) is 12.9. The van der Waals surface area contributed by atoms with Gasteiger partial charge in [0.25, 0.3) is 0 Å². The molecule has 0 amide bonds. The van der Waals surface area contributed by atoms with Crippen molar-refractivity contribution >= 4 is 16.2 Å². The highest BCUT2D eigenvalue weighted by Gasteiger charge is 2.18. The second-order valence-corrected chi connectivity index (χ2v) is 6.44. The van der Waals surface area contributed by atoms with Crippen molar-refractivity contribution in [1.82, 2.24) is 0 Å². The maximum Gasteiger partial charge on any atom is 0.330 e. The van der Waals surface area contributed by atoms with Gasteiger partial charge in [0.2, 0.25) is 0 Å². The van der Waals surface area contributed by atoms with Crippen LogP contribution in [0.1, 0.15) is 46.0 Å². The number of unbranched alkanes of at least 4 members (excludes halogenated alkanes) is 2. The van der Waals surface area contributed by atoms with Gasteiger partial charge in [0, 0.05) is 29.5 Å². The lowest BCUT2D eigenvalue weighted by Gasteiger charge is -2.24. The number of carbonyl (C=O) groups is 1. The van der Waals surface area contributed by atoms with Crippen LogP contribution in [0, 0.1) is 0 Å². The lowest BCUT2D eigenvalue weighted by Crippen LogP contribution is -2.26. The molecule has 4 nitrogen and oxygen atoms in total. The predicted molar refractivity (Wildman–Crippen MR) is 85.0 cm³/mol. The first-order valence-electron chi connectivity index (χ1n) is 7.68. The molecule has 0 aromatic rings. The first-order valence-corrected chi connectivity index (χ1v) is 8.83. The van der Waals surface area contributed by atoms with Gasteiger partial charge < -0.3 is 14.2 Å². The van der Waals surface area contributed by atoms with Gasteiger partial charge in [-0.2, -0.15) is 0 Å². The summed E-state index contributed by atoms with van der Waals surface area (Å²) in [7, 11) is 0.953. The Balaban J connectivity index is 4.05. The molecule has 118 valence electrons. The van der Waals surface area contributed by atoms with Gasteiger partial charge >= 0.3 is 5.97 Å². The molecule has 0 rings (SSSR count). The number of ether oxygens (including phenoxy) is 3. The molecular weight excluding hydrogens is 272 g/mol. The summed E-state index contributed by atoms with van der Waals surface area (Å²) in [4.78, 5) is 11.0. The zero-order chi connectivity index (χ0) is 15.2. The Bertz CT molecular complexity index is 248. The van der Waals surface area contributed by atoms with Crippen LogP contribution in [0.3, 0.4) is 0 Å². The Morgan fingerprint density at radius 3 is 2.15 bits per heavy atom. The molecule has 5 heteroatoms. The highest BCUT2D eigenvalue weighted by Crippen LogP contribution is 2.18. The van der Waals surface area contributed by atoms with Gasteiger partial charge in [0.1, 0.15) is 0 Å². The molecular formula is C15H30O4Si. The number of esters is 1. The number of carbonyl (C=O) groups excluding carboxylic acids is 1. The fourth-order valence-corrected chi connectivity index (χ4v) is 2.23. The summed E-state index contributed by atoms with van der Waals surface area (Å²) in [6.45, 7) is 9.54. The van der Waals surface area contributed by atoms with Crippen molar-refractivity contribution in [2.24, 2.45) is 0 Å². The van der Waals surface area contributed by atoms with E-state index in [9.17, 15) is 4.79 Å². The Morgan fingerprint density at radius 1 is 1.15 bits per heavy atom. The Hall–Kier alpha value is -0.653. The van der Waals surface area contributed by atoms with Crippen molar-refractivity contribution in [2.45, 2.75) is 57.8 Å². The molecule has 0 aliphatic heterocycles. The topological polar surface area (TPSA) is 44.8 Å². The highest BCUT2D eigenvalue weighted by molar-refractivity contribution is 6.11. The third kappa shape index (κ3) is 10.2. The van der Waals surface area contributed by atoms with Gasteiger partial charge in [0.05, 0.1) is 6.61 Å². The molecule has 0 aliphatic rings. The van der Waals surface area contributed by atoms with Crippen molar-refractivity contribution in [3.05, 3.63) is 12.7 Å². The number of hydrogen-bond acceptors (Lipinski definition) is 4. The minimum absolute atomic E-state index is 0.151. The van der Waals surface area contributed by atoms with Crippen LogP contribution in [-0.2, 0) is 19.0 Å². The maximum atomic E-state index is 11.0. The maximum absolute atomic E-state index is 11.0. The van der Waals surface area contributed by atoms with Gasteiger partial charge in [0.15, 0.2) is 6.29 Å². The first-order chi connectivity index (χ1) is 9.65. The van der Waals surface area contributed by atoms with Crippen LogP contribution in [0.4, 0.5) is 0 Å². The molecule has 0 aliphatic carbocycles. The van der Waals surface area contributed by atoms with Crippen molar-refractivity contribution in [3.8, 4) is 0 Å². The fourth-order valence-electron chi connectivity index (χ4n) is 1.60. The van der Waals surface area contributed by atoms with Crippen LogP contribution in [0.2, 0.25) is 5.54 Å². The molecule has 0 bridgehead atoms. The van der Waals surface area contributed by atoms with E-state index in [0.29, 0.717) is 12.1 Å². The van der Waals surface area contributed by atoms with Crippen LogP contribution in [-0.4, -0.2) is 42.3 Å². The van der Waals surface area contributed by atoms with E-state index in [1.165, 1.54) is 6.08 Å². The molecule has 1 unspecified atom stereocenters. The molecule has 0 aromatic heterocycles. The van der Waals surface area contributed by atoms with Crippen molar-refractivity contribution in [2.75, 3.05) is 19.8 Å². The lowest BCUT2D eigenvalue weighted by atomic mass is 10.3. The van der Waals surface area contributed by atoms with Gasteiger partial charge in [-0.3, -0.25) is 0 Å². The van der Waals surface area contributed by atoms with E-state index in [1.807, 2.05) is 0 Å². The second kappa shape index (κ2) is 13.3. The summed E-state index contributed by atoms with van der Waals surface area (Å²) >= 11 is 0. The van der Waals surface area contributed by atoms with Crippen LogP contribution >= 0.6 is 0 Å². The minimum atomic E-state index is -0.366. The molecule has 0 spiro atoms. The largest absolute Gasteiger partial charge is 0.463 e. The molecule has 0 saturated carbocycles. The van der Waals surface area contributed by atoms with E-state index in [-0.39, 0.29) is 12.3 Å². The van der Waals surface area contributed by atoms with Crippen LogP contribution in [0.15, 0.2) is 12.7 Å². The smallest absolute Gasteiger partial charge is 0.330 e. The molecule has 0 aromatic carbocycles. The summed E-state index contributed by atoms with van der Waals surface area (Å²) in [5.41, 5.74) is 0.335. The molecule has 20 heavy (non-hydrogen) atoms.